The van der Waals surface area contributed by atoms with Gasteiger partial charge in [0, 0.05) is 6.04 Å². The number of phenolic OH excluding ortho intramolecular Hbond substituents is 1. The summed E-state index contributed by atoms with van der Waals surface area (Å²) in [6.45, 7) is 0. The van der Waals surface area contributed by atoms with E-state index >= 15 is 0 Å². The van der Waals surface area contributed by atoms with E-state index in [0.29, 0.717) is 11.7 Å². The summed E-state index contributed by atoms with van der Waals surface area (Å²) in [6.07, 6.45) is 4.05. The second kappa shape index (κ2) is 7.39. The number of hydrogen-bond donors (Lipinski definition) is 2. The number of amides is 1. The van der Waals surface area contributed by atoms with Crippen LogP contribution in [0, 0.1) is 0 Å². The number of ether oxygens (including phenoxy) is 1. The van der Waals surface area contributed by atoms with Crippen LogP contribution in [0.15, 0.2) is 48.5 Å². The van der Waals surface area contributed by atoms with Crippen molar-refractivity contribution >= 4 is 5.91 Å². The van der Waals surface area contributed by atoms with Gasteiger partial charge in [0.2, 0.25) is 0 Å². The molecule has 0 bridgehead atoms. The minimum absolute atomic E-state index is 0.101. The van der Waals surface area contributed by atoms with E-state index in [1.807, 2.05) is 6.07 Å². The summed E-state index contributed by atoms with van der Waals surface area (Å²) in [5.41, 5.74) is 1.65. The van der Waals surface area contributed by atoms with Crippen LogP contribution in [-0.4, -0.2) is 24.2 Å². The first-order chi connectivity index (χ1) is 11.7. The van der Waals surface area contributed by atoms with Crippen molar-refractivity contribution < 1.29 is 14.6 Å². The summed E-state index contributed by atoms with van der Waals surface area (Å²) in [4.78, 5) is 12.4. The van der Waals surface area contributed by atoms with Crippen LogP contribution in [0.25, 0.3) is 0 Å². The summed E-state index contributed by atoms with van der Waals surface area (Å²) >= 11 is 0. The zero-order valence-electron chi connectivity index (χ0n) is 13.9. The number of phenols is 1. The number of carbonyl (C=O) groups excluding carboxylic acids is 1. The van der Waals surface area contributed by atoms with Gasteiger partial charge in [0.25, 0.3) is 5.91 Å². The second-order valence-corrected chi connectivity index (χ2v) is 6.29. The molecular formula is C20H23NO3. The monoisotopic (exact) mass is 325 g/mol. The Labute approximate surface area is 142 Å². The molecule has 1 aliphatic rings. The van der Waals surface area contributed by atoms with E-state index in [1.165, 1.54) is 12.7 Å². The highest BCUT2D eigenvalue weighted by atomic mass is 16.5. The molecule has 2 aromatic carbocycles. The molecule has 0 spiro atoms. The standard InChI is InChI=1S/C20H23NO3/c1-24-18-9-5-8-17(19(18)22)20(23)21-16-12-10-15(11-13-16)14-6-3-2-4-7-14/h2-9,15-16,22H,10-13H2,1H3,(H,21,23). The van der Waals surface area contributed by atoms with Gasteiger partial charge in [-0.2, -0.15) is 0 Å². The van der Waals surface area contributed by atoms with E-state index in [-0.39, 0.29) is 23.3 Å². The van der Waals surface area contributed by atoms with Gasteiger partial charge in [0.15, 0.2) is 11.5 Å². The maximum Gasteiger partial charge on any atom is 0.255 e. The molecule has 2 N–H and O–H groups in total. The molecule has 1 aliphatic carbocycles. The fraction of sp³-hybridized carbons (Fsp3) is 0.350. The van der Waals surface area contributed by atoms with Gasteiger partial charge in [0.1, 0.15) is 0 Å². The minimum atomic E-state index is -0.241. The van der Waals surface area contributed by atoms with E-state index in [2.05, 4.69) is 29.6 Å². The molecule has 0 atom stereocenters. The largest absolute Gasteiger partial charge is 0.504 e. The predicted octanol–water partition coefficient (Wildman–Crippen LogP) is 3.86. The quantitative estimate of drug-likeness (QED) is 0.897. The van der Waals surface area contributed by atoms with Crippen molar-refractivity contribution in [3.63, 3.8) is 0 Å². The number of hydrogen-bond acceptors (Lipinski definition) is 3. The van der Waals surface area contributed by atoms with E-state index in [9.17, 15) is 9.90 Å². The Morgan fingerprint density at radius 3 is 2.42 bits per heavy atom. The molecule has 4 heteroatoms. The lowest BCUT2D eigenvalue weighted by Crippen LogP contribution is -2.37. The Morgan fingerprint density at radius 2 is 1.75 bits per heavy atom. The van der Waals surface area contributed by atoms with Crippen LogP contribution in [-0.2, 0) is 0 Å². The van der Waals surface area contributed by atoms with Crippen LogP contribution < -0.4 is 10.1 Å². The smallest absolute Gasteiger partial charge is 0.255 e. The predicted molar refractivity (Wildman–Crippen MR) is 93.6 cm³/mol. The zero-order valence-corrected chi connectivity index (χ0v) is 13.9. The van der Waals surface area contributed by atoms with Crippen LogP contribution in [0.5, 0.6) is 11.5 Å². The lowest BCUT2D eigenvalue weighted by molar-refractivity contribution is 0.0922. The molecule has 4 nitrogen and oxygen atoms in total. The molecule has 0 aromatic heterocycles. The van der Waals surface area contributed by atoms with Crippen LogP contribution in [0.3, 0.4) is 0 Å². The molecule has 0 radical (unpaired) electrons. The van der Waals surface area contributed by atoms with Gasteiger partial charge in [0.05, 0.1) is 12.7 Å². The van der Waals surface area contributed by atoms with Gasteiger partial charge >= 0.3 is 0 Å². The summed E-state index contributed by atoms with van der Waals surface area (Å²) < 4.78 is 5.06. The Morgan fingerprint density at radius 1 is 1.04 bits per heavy atom. The second-order valence-electron chi connectivity index (χ2n) is 6.29. The summed E-state index contributed by atoms with van der Waals surface area (Å²) in [6, 6.07) is 15.7. The third-order valence-electron chi connectivity index (χ3n) is 4.80. The van der Waals surface area contributed by atoms with Gasteiger partial charge in [-0.1, -0.05) is 36.4 Å². The molecule has 1 saturated carbocycles. The normalized spacial score (nSPS) is 20.4. The third kappa shape index (κ3) is 3.53. The molecule has 2 aromatic rings. The van der Waals surface area contributed by atoms with Gasteiger partial charge in [-0.15, -0.1) is 0 Å². The fourth-order valence-corrected chi connectivity index (χ4v) is 3.43. The number of rotatable bonds is 4. The lowest BCUT2D eigenvalue weighted by atomic mass is 9.82. The van der Waals surface area contributed by atoms with Crippen molar-refractivity contribution in [3.05, 3.63) is 59.7 Å². The number of carbonyl (C=O) groups is 1. The minimum Gasteiger partial charge on any atom is -0.504 e. The number of aromatic hydroxyl groups is 1. The number of nitrogens with one attached hydrogen (secondary N) is 1. The van der Waals surface area contributed by atoms with Gasteiger partial charge < -0.3 is 15.2 Å². The summed E-state index contributed by atoms with van der Waals surface area (Å²) in [5, 5.41) is 13.1. The molecule has 3 rings (SSSR count). The molecule has 1 amide bonds. The maximum atomic E-state index is 12.4. The van der Waals surface area contributed by atoms with Crippen LogP contribution in [0.1, 0.15) is 47.5 Å². The van der Waals surface area contributed by atoms with Crippen molar-refractivity contribution in [1.29, 1.82) is 0 Å². The molecule has 126 valence electrons. The lowest BCUT2D eigenvalue weighted by Gasteiger charge is -2.29. The first kappa shape index (κ1) is 16.4. The van der Waals surface area contributed by atoms with E-state index < -0.39 is 0 Å². The number of benzene rings is 2. The Kier molecular flexibility index (Phi) is 5.04. The molecule has 0 unspecified atom stereocenters. The topological polar surface area (TPSA) is 58.6 Å². The summed E-state index contributed by atoms with van der Waals surface area (Å²) in [5.74, 6) is 0.546. The molecule has 24 heavy (non-hydrogen) atoms. The molecular weight excluding hydrogens is 302 g/mol. The van der Waals surface area contributed by atoms with E-state index in [4.69, 9.17) is 4.74 Å². The Balaban J connectivity index is 1.59. The Bertz CT molecular complexity index is 691. The molecule has 0 heterocycles. The summed E-state index contributed by atoms with van der Waals surface area (Å²) in [7, 11) is 1.47. The number of para-hydroxylation sites is 1. The maximum absolute atomic E-state index is 12.4. The highest BCUT2D eigenvalue weighted by Crippen LogP contribution is 2.33. The highest BCUT2D eigenvalue weighted by molar-refractivity contribution is 5.97. The molecule has 0 aliphatic heterocycles. The van der Waals surface area contributed by atoms with Crippen molar-refractivity contribution in [2.75, 3.05) is 7.11 Å². The van der Waals surface area contributed by atoms with E-state index in [1.54, 1.807) is 18.2 Å². The molecule has 1 fully saturated rings. The van der Waals surface area contributed by atoms with Crippen LogP contribution in [0.4, 0.5) is 0 Å². The van der Waals surface area contributed by atoms with Crippen molar-refractivity contribution in [2.24, 2.45) is 0 Å². The fourth-order valence-electron chi connectivity index (χ4n) is 3.43. The van der Waals surface area contributed by atoms with Gasteiger partial charge in [-0.3, -0.25) is 4.79 Å². The van der Waals surface area contributed by atoms with Gasteiger partial charge in [-0.05, 0) is 49.3 Å². The number of methoxy groups -OCH3 is 1. The van der Waals surface area contributed by atoms with Crippen LogP contribution >= 0.6 is 0 Å². The zero-order chi connectivity index (χ0) is 16.9. The average molecular weight is 325 g/mol. The van der Waals surface area contributed by atoms with Crippen molar-refractivity contribution in [1.82, 2.24) is 5.32 Å². The van der Waals surface area contributed by atoms with Crippen molar-refractivity contribution in [3.8, 4) is 11.5 Å². The van der Waals surface area contributed by atoms with Crippen molar-refractivity contribution in [2.45, 2.75) is 37.6 Å². The highest BCUT2D eigenvalue weighted by Gasteiger charge is 2.24. The first-order valence-electron chi connectivity index (χ1n) is 8.41. The SMILES string of the molecule is COc1cccc(C(=O)NC2CCC(c3ccccc3)CC2)c1O. The first-order valence-corrected chi connectivity index (χ1v) is 8.41. The van der Waals surface area contributed by atoms with Crippen LogP contribution in [0.2, 0.25) is 0 Å². The molecule has 0 saturated heterocycles. The third-order valence-corrected chi connectivity index (χ3v) is 4.80. The van der Waals surface area contributed by atoms with Gasteiger partial charge in [-0.25, -0.2) is 0 Å². The average Bonchev–Trinajstić information content (AvgIpc) is 2.63. The van der Waals surface area contributed by atoms with E-state index in [0.717, 1.165) is 25.7 Å². The Hall–Kier alpha value is -2.49.